The molecule has 7 heteroatoms. The van der Waals surface area contributed by atoms with Gasteiger partial charge in [0.1, 0.15) is 11.5 Å². The largest absolute Gasteiger partial charge is 2.00 e. The average molecular weight is 876 g/mol. The van der Waals surface area contributed by atoms with Crippen LogP contribution in [0, 0.1) is 26.0 Å². The van der Waals surface area contributed by atoms with Crippen molar-refractivity contribution in [1.29, 1.82) is 0 Å². The fraction of sp³-hybridized carbons (Fsp3) is 0.222. The molecular formula is C45H41N5OPt+2. The Labute approximate surface area is 338 Å². The second-order valence-corrected chi connectivity index (χ2v) is 13.6. The van der Waals surface area contributed by atoms with Crippen molar-refractivity contribution < 1.29 is 43.6 Å². The van der Waals surface area contributed by atoms with Crippen molar-refractivity contribution in [2.24, 2.45) is 0 Å². The molecule has 52 heavy (non-hydrogen) atoms. The Balaban J connectivity index is 0.00000630. The summed E-state index contributed by atoms with van der Waals surface area (Å²) in [5.74, 6) is 1.27. The summed E-state index contributed by atoms with van der Waals surface area (Å²) in [6.45, 7) is -0.107. The first-order chi connectivity index (χ1) is 29.8. The van der Waals surface area contributed by atoms with Gasteiger partial charge in [-0.15, -0.1) is 23.6 Å². The van der Waals surface area contributed by atoms with E-state index in [2.05, 4.69) is 45.0 Å². The van der Waals surface area contributed by atoms with Crippen LogP contribution in [0.3, 0.4) is 0 Å². The molecule has 1 aliphatic rings. The van der Waals surface area contributed by atoms with Crippen LogP contribution in [-0.2, 0) is 31.9 Å². The number of benzene rings is 4. The van der Waals surface area contributed by atoms with Crippen LogP contribution in [0.2, 0.25) is 0 Å². The monoisotopic (exact) mass is 875 g/mol. The van der Waals surface area contributed by atoms with Crippen LogP contribution in [0.25, 0.3) is 27.6 Å². The molecule has 0 bridgehead atoms. The van der Waals surface area contributed by atoms with E-state index in [1.54, 1.807) is 30.5 Å². The van der Waals surface area contributed by atoms with Crippen LogP contribution >= 0.6 is 0 Å². The number of hydrogen-bond donors (Lipinski definition) is 0. The van der Waals surface area contributed by atoms with Gasteiger partial charge in [0.25, 0.3) is 11.4 Å². The Kier molecular flexibility index (Phi) is 5.73. The molecule has 0 saturated heterocycles. The quantitative estimate of drug-likeness (QED) is 0.128. The molecule has 6 nitrogen and oxygen atoms in total. The fourth-order valence-electron chi connectivity index (χ4n) is 6.36. The number of hydrogen-bond acceptors (Lipinski definition) is 3. The van der Waals surface area contributed by atoms with E-state index in [1.807, 2.05) is 36.6 Å². The Morgan fingerprint density at radius 3 is 2.27 bits per heavy atom. The molecule has 7 aromatic rings. The number of aromatic nitrogens is 3. The molecular weight excluding hydrogens is 822 g/mol. The van der Waals surface area contributed by atoms with Gasteiger partial charge < -0.3 is 9.30 Å². The molecule has 0 N–H and O–H groups in total. The van der Waals surface area contributed by atoms with E-state index in [4.69, 9.17) is 32.5 Å². The van der Waals surface area contributed by atoms with Gasteiger partial charge in [-0.25, -0.2) is 4.98 Å². The third-order valence-corrected chi connectivity index (χ3v) is 8.84. The van der Waals surface area contributed by atoms with Gasteiger partial charge in [0.2, 0.25) is 5.69 Å². The second kappa shape index (κ2) is 13.1. The first-order valence-corrected chi connectivity index (χ1v) is 16.4. The van der Waals surface area contributed by atoms with Crippen LogP contribution in [0.1, 0.15) is 81.7 Å². The van der Waals surface area contributed by atoms with Crippen molar-refractivity contribution in [3.8, 4) is 17.3 Å². The summed E-state index contributed by atoms with van der Waals surface area (Å²) in [6, 6.07) is 27.4. The molecule has 0 spiro atoms. The van der Waals surface area contributed by atoms with E-state index in [0.29, 0.717) is 17.1 Å². The van der Waals surface area contributed by atoms with Crippen LogP contribution in [0.15, 0.2) is 103 Å². The Bertz CT molecular complexity index is 3110. The van der Waals surface area contributed by atoms with E-state index < -0.39 is 55.7 Å². The molecule has 0 amide bonds. The van der Waals surface area contributed by atoms with Crippen molar-refractivity contribution in [3.05, 3.63) is 138 Å². The smallest absolute Gasteiger partial charge is 0.509 e. The van der Waals surface area contributed by atoms with Crippen molar-refractivity contribution in [2.45, 2.75) is 66.0 Å². The third-order valence-electron chi connectivity index (χ3n) is 8.84. The summed E-state index contributed by atoms with van der Waals surface area (Å²) in [6.07, 6.45) is 1.79. The minimum atomic E-state index is -3.48. The maximum absolute atomic E-state index is 8.94. The van der Waals surface area contributed by atoms with Crippen LogP contribution in [0.5, 0.6) is 11.5 Å². The normalized spacial score (nSPS) is 17.1. The molecule has 260 valence electrons. The van der Waals surface area contributed by atoms with Crippen LogP contribution < -0.4 is 13.9 Å². The number of rotatable bonds is 5. The van der Waals surface area contributed by atoms with Gasteiger partial charge in [-0.05, 0) is 64.0 Å². The summed E-state index contributed by atoms with van der Waals surface area (Å²) >= 11 is 0. The standard InChI is InChI=1S/C45H41N5O.Pt/c1-29-24-38-37-21-20-36(27-41(37)50(43(38)30(2)47-29)42-25-32(22-23-46-42)45(6,7)8)51-35-13-11-12-34(26-35)49-28-48(39-14-9-10-15-40(39)49)33-18-16-31(17-19-33)44(3,4)5;/h9-25H,1-8H3;/q;+2/i3D3,4D3,5D3,9D,10D,14D,15D;. The van der Waals surface area contributed by atoms with E-state index in [9.17, 15) is 0 Å². The molecule has 4 heterocycles. The number of para-hydroxylation sites is 2. The van der Waals surface area contributed by atoms with Crippen molar-refractivity contribution in [2.75, 3.05) is 0 Å². The summed E-state index contributed by atoms with van der Waals surface area (Å²) in [7, 11) is 0. The second-order valence-electron chi connectivity index (χ2n) is 13.6. The van der Waals surface area contributed by atoms with Gasteiger partial charge in [-0.2, -0.15) is 12.1 Å². The van der Waals surface area contributed by atoms with Gasteiger partial charge in [0, 0.05) is 59.9 Å². The van der Waals surface area contributed by atoms with Gasteiger partial charge in [0.05, 0.1) is 16.7 Å². The molecule has 0 atom stereocenters. The Morgan fingerprint density at radius 1 is 0.808 bits per heavy atom. The predicted molar refractivity (Wildman–Crippen MR) is 208 cm³/mol. The summed E-state index contributed by atoms with van der Waals surface area (Å²) < 4.78 is 119. The van der Waals surface area contributed by atoms with E-state index in [0.717, 1.165) is 45.4 Å². The maximum atomic E-state index is 8.94. The first kappa shape index (κ1) is 22.7. The minimum absolute atomic E-state index is 0. The summed E-state index contributed by atoms with van der Waals surface area (Å²) in [5.41, 5.74) is 0.929. The van der Waals surface area contributed by atoms with Gasteiger partial charge in [-0.1, -0.05) is 87.8 Å². The first-order valence-electron chi connectivity index (χ1n) is 22.9. The molecule has 3 aromatic heterocycles. The van der Waals surface area contributed by atoms with E-state index in [-0.39, 0.29) is 55.0 Å². The molecule has 1 aliphatic heterocycles. The topological polar surface area (TPSA) is 46.0 Å². The minimum Gasteiger partial charge on any atom is -0.509 e. The van der Waals surface area contributed by atoms with Gasteiger partial charge in [-0.3, -0.25) is 4.98 Å². The average Bonchev–Trinajstić information content (AvgIpc) is 3.75. The number of fused-ring (bicyclic) bond motifs is 4. The number of ether oxygens (including phenoxy) is 1. The fourth-order valence-corrected chi connectivity index (χ4v) is 6.36. The summed E-state index contributed by atoms with van der Waals surface area (Å²) in [5, 5.41) is 1.89. The SMILES string of the molecule is [2H]c1c([2H])c([2H])c2c(c1[2H])[N+](c1[c-]c(Oc3[c-]c4c(cc3)c3cc(C)nc(C)c3n4-c3cc(C(C)(C)C)ccn3)ccc1)=C=[N+]2c1ccc(C(C([2H])([2H])[2H])(C([2H])([2H])[2H])C([2H])([2H])[2H])cc1.[Pt+2]. The van der Waals surface area contributed by atoms with Crippen molar-refractivity contribution >= 4 is 50.6 Å². The Morgan fingerprint density at radius 2 is 1.54 bits per heavy atom. The molecule has 0 radical (unpaired) electrons. The zero-order valence-corrected chi connectivity index (χ0v) is 31.2. The van der Waals surface area contributed by atoms with Crippen LogP contribution in [0.4, 0.5) is 22.7 Å². The third kappa shape index (κ3) is 6.32. The van der Waals surface area contributed by atoms with Crippen LogP contribution in [-0.4, -0.2) is 20.5 Å². The molecule has 8 rings (SSSR count). The number of nitrogens with zero attached hydrogens (tertiary/aromatic N) is 5. The Hall–Kier alpha value is -5.15. The predicted octanol–water partition coefficient (Wildman–Crippen LogP) is 11.0. The summed E-state index contributed by atoms with van der Waals surface area (Å²) in [4.78, 5) is 9.55. The molecule has 4 aromatic carbocycles. The van der Waals surface area contributed by atoms with E-state index >= 15 is 0 Å². The molecule has 0 unspecified atom stereocenters. The molecule has 0 saturated carbocycles. The zero-order valence-electron chi connectivity index (χ0n) is 42.0. The van der Waals surface area contributed by atoms with Gasteiger partial charge >= 0.3 is 27.1 Å². The number of pyridine rings is 2. The number of aryl methyl sites for hydroxylation is 2. The van der Waals surface area contributed by atoms with Crippen molar-refractivity contribution in [3.63, 3.8) is 0 Å². The molecule has 0 fully saturated rings. The zero-order chi connectivity index (χ0) is 46.6. The van der Waals surface area contributed by atoms with Crippen molar-refractivity contribution in [1.82, 2.24) is 23.7 Å². The molecule has 0 aliphatic carbocycles. The van der Waals surface area contributed by atoms with Gasteiger partial charge in [0.15, 0.2) is 0 Å². The maximum Gasteiger partial charge on any atom is 2.00 e. The van der Waals surface area contributed by atoms with E-state index in [1.165, 1.54) is 21.3 Å².